The first-order valence-electron chi connectivity index (χ1n) is 4.22. The second kappa shape index (κ2) is 5.02. The van der Waals surface area contributed by atoms with Gasteiger partial charge in [0.25, 0.3) is 0 Å². The predicted molar refractivity (Wildman–Crippen MR) is 58.4 cm³/mol. The zero-order valence-corrected chi connectivity index (χ0v) is 10.4. The molecule has 0 aromatic heterocycles. The highest BCUT2D eigenvalue weighted by molar-refractivity contribution is 9.10. The van der Waals surface area contributed by atoms with Crippen LogP contribution in [-0.2, 0) is 14.3 Å². The van der Waals surface area contributed by atoms with Crippen LogP contribution in [0.15, 0.2) is 0 Å². The molecule has 0 bridgehead atoms. The van der Waals surface area contributed by atoms with Gasteiger partial charge in [-0.1, -0.05) is 15.9 Å². The van der Waals surface area contributed by atoms with Gasteiger partial charge in [0, 0.05) is 12.3 Å². The van der Waals surface area contributed by atoms with Gasteiger partial charge < -0.3 is 9.64 Å². The highest BCUT2D eigenvalue weighted by Crippen LogP contribution is 2.26. The van der Waals surface area contributed by atoms with E-state index in [2.05, 4.69) is 20.7 Å². The van der Waals surface area contributed by atoms with Crippen molar-refractivity contribution in [2.45, 2.75) is 17.1 Å². The lowest BCUT2D eigenvalue weighted by Gasteiger charge is -2.22. The molecule has 2 atom stereocenters. The summed E-state index contributed by atoms with van der Waals surface area (Å²) in [4.78, 5) is 24.2. The number of carbonyl (C=O) groups is 2. The van der Waals surface area contributed by atoms with Crippen LogP contribution in [0.5, 0.6) is 0 Å². The lowest BCUT2D eigenvalue weighted by Crippen LogP contribution is -2.42. The van der Waals surface area contributed by atoms with Crippen molar-refractivity contribution in [3.05, 3.63) is 0 Å². The summed E-state index contributed by atoms with van der Waals surface area (Å²) in [7, 11) is 1.33. The van der Waals surface area contributed by atoms with Gasteiger partial charge in [-0.05, 0) is 6.92 Å². The molecule has 80 valence electrons. The van der Waals surface area contributed by atoms with Crippen LogP contribution >= 0.6 is 27.7 Å². The van der Waals surface area contributed by atoms with Crippen LogP contribution in [0.25, 0.3) is 0 Å². The lowest BCUT2D eigenvalue weighted by molar-refractivity contribution is -0.147. The molecule has 1 aliphatic heterocycles. The molecule has 1 aliphatic rings. The van der Waals surface area contributed by atoms with Crippen LogP contribution in [0.4, 0.5) is 0 Å². The first-order valence-corrected chi connectivity index (χ1v) is 6.18. The first kappa shape index (κ1) is 11.8. The fraction of sp³-hybridized carbons (Fsp3) is 0.750. The topological polar surface area (TPSA) is 46.6 Å². The Bertz CT molecular complexity index is 247. The van der Waals surface area contributed by atoms with Crippen LogP contribution < -0.4 is 0 Å². The normalized spacial score (nSPS) is 23.4. The zero-order chi connectivity index (χ0) is 10.7. The van der Waals surface area contributed by atoms with E-state index in [1.807, 2.05) is 0 Å². The molecular formula is C8H12BrNO3S. The summed E-state index contributed by atoms with van der Waals surface area (Å²) < 4.78 is 4.63. The monoisotopic (exact) mass is 281 g/mol. The number of ether oxygens (including phenoxy) is 1. The molecule has 0 saturated carbocycles. The SMILES string of the molecule is COC(=O)C1SCCN1C(=O)C(C)Br. The number of amides is 1. The minimum absolute atomic E-state index is 0.0644. The van der Waals surface area contributed by atoms with Gasteiger partial charge in [-0.25, -0.2) is 4.79 Å². The lowest BCUT2D eigenvalue weighted by atomic mass is 10.4. The Morgan fingerprint density at radius 2 is 2.29 bits per heavy atom. The molecule has 2 unspecified atom stereocenters. The molecule has 6 heteroatoms. The standard InChI is InChI=1S/C8H12BrNO3S/c1-5(9)6(11)10-3-4-14-7(10)8(12)13-2/h5,7H,3-4H2,1-2H3. The molecule has 14 heavy (non-hydrogen) atoms. The minimum atomic E-state index is -0.465. The van der Waals surface area contributed by atoms with E-state index in [1.54, 1.807) is 11.8 Å². The largest absolute Gasteiger partial charge is 0.467 e. The number of methoxy groups -OCH3 is 1. The van der Waals surface area contributed by atoms with Gasteiger partial charge >= 0.3 is 5.97 Å². The molecule has 1 amide bonds. The van der Waals surface area contributed by atoms with E-state index in [9.17, 15) is 9.59 Å². The molecule has 0 radical (unpaired) electrons. The van der Waals surface area contributed by atoms with Gasteiger partial charge in [-0.3, -0.25) is 4.79 Å². The maximum atomic E-state index is 11.6. The number of esters is 1. The number of halogens is 1. The Balaban J connectivity index is 2.68. The van der Waals surface area contributed by atoms with E-state index in [0.29, 0.717) is 6.54 Å². The van der Waals surface area contributed by atoms with Crippen LogP contribution in [-0.4, -0.2) is 46.4 Å². The summed E-state index contributed by atoms with van der Waals surface area (Å²) in [5, 5.41) is -0.465. The van der Waals surface area contributed by atoms with Gasteiger partial charge in [0.15, 0.2) is 5.37 Å². The first-order chi connectivity index (χ1) is 6.57. The maximum Gasteiger partial charge on any atom is 0.339 e. The summed E-state index contributed by atoms with van der Waals surface area (Å²) in [5.41, 5.74) is 0. The van der Waals surface area contributed by atoms with Gasteiger partial charge in [0.1, 0.15) is 0 Å². The molecule has 1 rings (SSSR count). The Labute approximate surface area is 95.5 Å². The summed E-state index contributed by atoms with van der Waals surface area (Å²) >= 11 is 4.63. The van der Waals surface area contributed by atoms with Crippen molar-refractivity contribution in [1.82, 2.24) is 4.90 Å². The Kier molecular flexibility index (Phi) is 4.25. The van der Waals surface area contributed by atoms with Crippen molar-refractivity contribution in [1.29, 1.82) is 0 Å². The Hall–Kier alpha value is -0.230. The molecule has 4 nitrogen and oxygen atoms in total. The van der Waals surface area contributed by atoms with E-state index in [0.717, 1.165) is 5.75 Å². The van der Waals surface area contributed by atoms with Crippen molar-refractivity contribution >= 4 is 39.6 Å². The summed E-state index contributed by atoms with van der Waals surface area (Å²) in [5.74, 6) is 0.366. The zero-order valence-electron chi connectivity index (χ0n) is 8.03. The van der Waals surface area contributed by atoms with Crippen LogP contribution in [0.2, 0.25) is 0 Å². The molecule has 1 heterocycles. The molecule has 0 aromatic rings. The smallest absolute Gasteiger partial charge is 0.339 e. The average Bonchev–Trinajstić information content (AvgIpc) is 2.63. The summed E-state index contributed by atoms with van der Waals surface area (Å²) in [6.07, 6.45) is 0. The quantitative estimate of drug-likeness (QED) is 0.556. The van der Waals surface area contributed by atoms with E-state index < -0.39 is 5.37 Å². The molecule has 0 aromatic carbocycles. The number of hydrogen-bond acceptors (Lipinski definition) is 4. The molecule has 0 spiro atoms. The van der Waals surface area contributed by atoms with Gasteiger partial charge in [0.05, 0.1) is 11.9 Å². The van der Waals surface area contributed by atoms with Crippen molar-refractivity contribution < 1.29 is 14.3 Å². The predicted octanol–water partition coefficient (Wildman–Crippen LogP) is 0.844. The number of carbonyl (C=O) groups excluding carboxylic acids is 2. The molecule has 0 aliphatic carbocycles. The van der Waals surface area contributed by atoms with Crippen molar-refractivity contribution in [2.75, 3.05) is 19.4 Å². The minimum Gasteiger partial charge on any atom is -0.467 e. The van der Waals surface area contributed by atoms with Crippen LogP contribution in [0, 0.1) is 0 Å². The number of rotatable bonds is 2. The second-order valence-electron chi connectivity index (χ2n) is 2.89. The molecule has 1 saturated heterocycles. The summed E-state index contributed by atoms with van der Waals surface area (Å²) in [6.45, 7) is 2.36. The van der Waals surface area contributed by atoms with E-state index >= 15 is 0 Å². The fourth-order valence-corrected chi connectivity index (χ4v) is 2.63. The number of thioether (sulfide) groups is 1. The number of hydrogen-bond donors (Lipinski definition) is 0. The number of alkyl halides is 1. The fourth-order valence-electron chi connectivity index (χ4n) is 1.22. The maximum absolute atomic E-state index is 11.6. The van der Waals surface area contributed by atoms with Crippen LogP contribution in [0.3, 0.4) is 0 Å². The molecular weight excluding hydrogens is 270 g/mol. The van der Waals surface area contributed by atoms with E-state index in [-0.39, 0.29) is 16.7 Å². The highest BCUT2D eigenvalue weighted by Gasteiger charge is 2.36. The van der Waals surface area contributed by atoms with E-state index in [1.165, 1.54) is 18.9 Å². The van der Waals surface area contributed by atoms with Crippen molar-refractivity contribution in [3.8, 4) is 0 Å². The van der Waals surface area contributed by atoms with Crippen LogP contribution in [0.1, 0.15) is 6.92 Å². The van der Waals surface area contributed by atoms with E-state index in [4.69, 9.17) is 0 Å². The average molecular weight is 282 g/mol. The van der Waals surface area contributed by atoms with Gasteiger partial charge in [-0.15, -0.1) is 11.8 Å². The second-order valence-corrected chi connectivity index (χ2v) is 5.46. The van der Waals surface area contributed by atoms with Gasteiger partial charge in [0.2, 0.25) is 5.91 Å². The Morgan fingerprint density at radius 1 is 1.64 bits per heavy atom. The Morgan fingerprint density at radius 3 is 2.79 bits per heavy atom. The molecule has 1 fully saturated rings. The van der Waals surface area contributed by atoms with Crippen molar-refractivity contribution in [3.63, 3.8) is 0 Å². The third kappa shape index (κ3) is 2.42. The van der Waals surface area contributed by atoms with Crippen molar-refractivity contribution in [2.24, 2.45) is 0 Å². The third-order valence-corrected chi connectivity index (χ3v) is 3.49. The third-order valence-electron chi connectivity index (χ3n) is 1.92. The highest BCUT2D eigenvalue weighted by atomic mass is 79.9. The van der Waals surface area contributed by atoms with Gasteiger partial charge in [-0.2, -0.15) is 0 Å². The number of nitrogens with zero attached hydrogens (tertiary/aromatic N) is 1. The summed E-state index contributed by atoms with van der Waals surface area (Å²) in [6, 6.07) is 0. The molecule has 0 N–H and O–H groups in total.